The second-order valence-corrected chi connectivity index (χ2v) is 17.1. The summed E-state index contributed by atoms with van der Waals surface area (Å²) in [6, 6.07) is 19.5. The van der Waals surface area contributed by atoms with Gasteiger partial charge in [-0.2, -0.15) is 0 Å². The predicted octanol–water partition coefficient (Wildman–Crippen LogP) is 1.68. The monoisotopic (exact) mass is 496 g/mol. The molecule has 7 heteroatoms. The van der Waals surface area contributed by atoms with Gasteiger partial charge in [0.2, 0.25) is 0 Å². The first-order chi connectivity index (χ1) is 15.2. The van der Waals surface area contributed by atoms with E-state index < -0.39 is 38.1 Å². The van der Waals surface area contributed by atoms with Crippen molar-refractivity contribution in [3.05, 3.63) is 88.0 Å². The second kappa shape index (κ2) is 11.0. The van der Waals surface area contributed by atoms with Crippen molar-refractivity contribution >= 4 is 53.7 Å². The minimum absolute atomic E-state index is 0.945. The lowest BCUT2D eigenvalue weighted by molar-refractivity contribution is 0.297. The van der Waals surface area contributed by atoms with Crippen molar-refractivity contribution in [3.8, 4) is 0 Å². The van der Waals surface area contributed by atoms with Gasteiger partial charge in [0.15, 0.2) is 29.3 Å². The van der Waals surface area contributed by atoms with Crippen LogP contribution >= 0.6 is 0 Å². The molecule has 0 fully saturated rings. The van der Waals surface area contributed by atoms with Gasteiger partial charge < -0.3 is 12.3 Å². The van der Waals surface area contributed by atoms with Crippen molar-refractivity contribution in [1.29, 1.82) is 0 Å². The maximum atomic E-state index is 6.64. The van der Waals surface area contributed by atoms with Crippen LogP contribution < -0.4 is 15.6 Å². The minimum Gasteiger partial charge on any atom is -0.418 e. The summed E-state index contributed by atoms with van der Waals surface area (Å²) in [5.74, 6) is 0. The first kappa shape index (κ1) is 25.0. The van der Waals surface area contributed by atoms with E-state index >= 15 is 0 Å². The van der Waals surface area contributed by atoms with Crippen molar-refractivity contribution in [2.45, 2.75) is 48.1 Å². The third kappa shape index (κ3) is 6.26. The summed E-state index contributed by atoms with van der Waals surface area (Å²) in [5, 5.41) is 4.04. The van der Waals surface area contributed by atoms with Gasteiger partial charge in [-0.25, -0.2) is 0 Å². The fourth-order valence-electron chi connectivity index (χ4n) is 3.66. The Labute approximate surface area is 201 Å². The zero-order valence-corrected chi connectivity index (χ0v) is 25.8. The number of rotatable bonds is 9. The molecule has 0 heterocycles. The molecule has 0 aliphatic carbocycles. The highest BCUT2D eigenvalue weighted by Gasteiger charge is 2.34. The highest BCUT2D eigenvalue weighted by Crippen LogP contribution is 2.11. The molecular weight excluding hydrogens is 461 g/mol. The SMILES string of the molecule is Cc1cccc([SiH2]O[Si](C)(O[SiH2]c2cccc(C)c2C)O[SiH2]c2cccc(C)c2C)c1C. The van der Waals surface area contributed by atoms with Crippen molar-refractivity contribution in [2.75, 3.05) is 0 Å². The van der Waals surface area contributed by atoms with Crippen LogP contribution in [0.4, 0.5) is 0 Å². The summed E-state index contributed by atoms with van der Waals surface area (Å²) >= 11 is 0. The summed E-state index contributed by atoms with van der Waals surface area (Å²) in [6.07, 6.45) is 0. The van der Waals surface area contributed by atoms with Gasteiger partial charge in [-0.1, -0.05) is 54.6 Å². The molecule has 3 nitrogen and oxygen atoms in total. The van der Waals surface area contributed by atoms with Gasteiger partial charge in [0.1, 0.15) is 0 Å². The van der Waals surface area contributed by atoms with Gasteiger partial charge in [0, 0.05) is 6.55 Å². The lowest BCUT2D eigenvalue weighted by Crippen LogP contribution is -2.50. The Morgan fingerprint density at radius 2 is 0.781 bits per heavy atom. The molecule has 0 spiro atoms. The fourth-order valence-corrected chi connectivity index (χ4v) is 14.1. The van der Waals surface area contributed by atoms with Crippen molar-refractivity contribution in [2.24, 2.45) is 0 Å². The van der Waals surface area contributed by atoms with Crippen molar-refractivity contribution in [3.63, 3.8) is 0 Å². The topological polar surface area (TPSA) is 27.7 Å². The predicted molar refractivity (Wildman–Crippen MR) is 147 cm³/mol. The molecule has 0 amide bonds. The lowest BCUT2D eigenvalue weighted by Gasteiger charge is -2.29. The molecule has 0 N–H and O–H groups in total. The van der Waals surface area contributed by atoms with Crippen LogP contribution in [-0.4, -0.2) is 38.1 Å². The van der Waals surface area contributed by atoms with Crippen LogP contribution in [0.15, 0.2) is 54.6 Å². The van der Waals surface area contributed by atoms with Gasteiger partial charge in [-0.05, 0) is 90.5 Å². The summed E-state index contributed by atoms with van der Waals surface area (Å²) in [6.45, 7) is 15.2. The smallest absolute Gasteiger partial charge is 0.418 e. The van der Waals surface area contributed by atoms with E-state index in [1.165, 1.54) is 48.9 Å². The summed E-state index contributed by atoms with van der Waals surface area (Å²) in [4.78, 5) is 0. The molecule has 170 valence electrons. The van der Waals surface area contributed by atoms with E-state index in [-0.39, 0.29) is 0 Å². The van der Waals surface area contributed by atoms with Crippen molar-refractivity contribution in [1.82, 2.24) is 0 Å². The lowest BCUT2D eigenvalue weighted by atomic mass is 10.1. The Morgan fingerprint density at radius 1 is 0.500 bits per heavy atom. The summed E-state index contributed by atoms with van der Waals surface area (Å²) in [7, 11) is -5.57. The summed E-state index contributed by atoms with van der Waals surface area (Å²) < 4.78 is 19.9. The third-order valence-corrected chi connectivity index (χ3v) is 17.9. The first-order valence-electron chi connectivity index (χ1n) is 11.3. The quantitative estimate of drug-likeness (QED) is 0.422. The molecule has 0 aromatic heterocycles. The average Bonchev–Trinajstić information content (AvgIpc) is 2.77. The molecule has 0 aliphatic rings. The van der Waals surface area contributed by atoms with Crippen LogP contribution in [0.3, 0.4) is 0 Å². The van der Waals surface area contributed by atoms with Crippen LogP contribution in [-0.2, 0) is 12.3 Å². The fraction of sp³-hybridized carbons (Fsp3) is 0.280. The van der Waals surface area contributed by atoms with Crippen molar-refractivity contribution < 1.29 is 12.3 Å². The van der Waals surface area contributed by atoms with E-state index in [1.807, 2.05) is 0 Å². The number of benzene rings is 3. The standard InChI is InChI=1S/C25H36O3Si4/c1-17-11-8-14-23(20(17)4)29-26-32(7,27-30-24-15-9-12-18(2)21(24)5)28-31-25-16-10-13-19(3)22(25)6/h8-16H,29-31H2,1-7H3. The molecule has 0 saturated carbocycles. The molecule has 3 aromatic carbocycles. The third-order valence-electron chi connectivity index (χ3n) is 6.62. The first-order valence-corrected chi connectivity index (χ1v) is 17.3. The van der Waals surface area contributed by atoms with Gasteiger partial charge in [0.25, 0.3) is 0 Å². The normalized spacial score (nSPS) is 14.3. The Bertz CT molecular complexity index is 950. The Kier molecular flexibility index (Phi) is 8.62. The minimum atomic E-state index is -2.73. The van der Waals surface area contributed by atoms with Crippen LogP contribution in [0.1, 0.15) is 33.4 Å². The molecule has 0 saturated heterocycles. The van der Waals surface area contributed by atoms with Crippen LogP contribution in [0.5, 0.6) is 0 Å². The molecule has 32 heavy (non-hydrogen) atoms. The molecule has 0 unspecified atom stereocenters. The average molecular weight is 497 g/mol. The van der Waals surface area contributed by atoms with E-state index in [0.29, 0.717) is 0 Å². The zero-order chi connectivity index (χ0) is 23.3. The highest BCUT2D eigenvalue weighted by molar-refractivity contribution is 6.77. The van der Waals surface area contributed by atoms with Gasteiger partial charge in [-0.15, -0.1) is 0 Å². The molecule has 0 bridgehead atoms. The maximum absolute atomic E-state index is 6.64. The maximum Gasteiger partial charge on any atom is 0.465 e. The van der Waals surface area contributed by atoms with Gasteiger partial charge >= 0.3 is 8.80 Å². The Hall–Kier alpha value is -1.59. The number of hydrogen-bond donors (Lipinski definition) is 0. The van der Waals surface area contributed by atoms with Crippen LogP contribution in [0.25, 0.3) is 0 Å². The number of hydrogen-bond acceptors (Lipinski definition) is 3. The molecule has 0 aliphatic heterocycles. The zero-order valence-electron chi connectivity index (χ0n) is 20.5. The molecule has 3 aromatic rings. The largest absolute Gasteiger partial charge is 0.465 e. The van der Waals surface area contributed by atoms with Gasteiger partial charge in [0.05, 0.1) is 0 Å². The molecule has 0 atom stereocenters. The van der Waals surface area contributed by atoms with E-state index in [9.17, 15) is 0 Å². The van der Waals surface area contributed by atoms with Gasteiger partial charge in [-0.3, -0.25) is 0 Å². The Morgan fingerprint density at radius 3 is 1.06 bits per heavy atom. The van der Waals surface area contributed by atoms with Crippen LogP contribution in [0.2, 0.25) is 6.55 Å². The highest BCUT2D eigenvalue weighted by atomic mass is 28.5. The molecule has 3 rings (SSSR count). The summed E-state index contributed by atoms with van der Waals surface area (Å²) in [5.41, 5.74) is 7.98. The molecule has 0 radical (unpaired) electrons. The van der Waals surface area contributed by atoms with E-state index in [4.69, 9.17) is 12.3 Å². The molecular formula is C25H36O3Si4. The van der Waals surface area contributed by atoms with E-state index in [1.54, 1.807) is 0 Å². The van der Waals surface area contributed by atoms with E-state index in [0.717, 1.165) is 0 Å². The number of aryl methyl sites for hydroxylation is 3. The van der Waals surface area contributed by atoms with E-state index in [2.05, 4.69) is 103 Å². The Balaban J connectivity index is 1.79. The second-order valence-electron chi connectivity index (χ2n) is 8.81. The van der Waals surface area contributed by atoms with Crippen LogP contribution in [0, 0.1) is 41.5 Å².